The molecule has 0 saturated heterocycles. The lowest BCUT2D eigenvalue weighted by Gasteiger charge is -2.41. The third-order valence-electron chi connectivity index (χ3n) is 7.85. The van der Waals surface area contributed by atoms with Crippen molar-refractivity contribution in [3.05, 3.63) is 48.0 Å². The number of amides is 1. The number of rotatable bonds is 10. The Bertz CT molecular complexity index is 1460. The molecule has 2 aromatic carbocycles. The van der Waals surface area contributed by atoms with Crippen molar-refractivity contribution >= 4 is 44.2 Å². The summed E-state index contributed by atoms with van der Waals surface area (Å²) in [5.74, 6) is -0.669. The summed E-state index contributed by atoms with van der Waals surface area (Å²) in [5.41, 5.74) is -0.404. The van der Waals surface area contributed by atoms with Crippen LogP contribution in [-0.4, -0.2) is 73.1 Å². The minimum atomic E-state index is -4.51. The van der Waals surface area contributed by atoms with Crippen LogP contribution in [0.15, 0.2) is 52.3 Å². The molecule has 13 heteroatoms. The third kappa shape index (κ3) is 7.55. The highest BCUT2D eigenvalue weighted by Crippen LogP contribution is 2.34. The van der Waals surface area contributed by atoms with Gasteiger partial charge in [0.05, 0.1) is 28.3 Å². The summed E-state index contributed by atoms with van der Waals surface area (Å²) in [6.45, 7) is 3.96. The van der Waals surface area contributed by atoms with Crippen LogP contribution in [0.25, 0.3) is 10.9 Å². The lowest BCUT2D eigenvalue weighted by atomic mass is 9.81. The quantitative estimate of drug-likeness (QED) is 0.271. The van der Waals surface area contributed by atoms with E-state index in [-0.39, 0.29) is 58.3 Å². The van der Waals surface area contributed by atoms with Crippen LogP contribution in [0.1, 0.15) is 38.7 Å². The number of alkyl halides is 3. The molecular weight excluding hydrogens is 575 g/mol. The zero-order valence-corrected chi connectivity index (χ0v) is 25.1. The first kappa shape index (κ1) is 31.2. The van der Waals surface area contributed by atoms with E-state index in [9.17, 15) is 26.4 Å². The minimum Gasteiger partial charge on any atom is -0.359 e. The molecule has 41 heavy (non-hydrogen) atoms. The Morgan fingerprint density at radius 2 is 1.88 bits per heavy atom. The fraction of sp³-hybridized carbons (Fsp3) is 0.500. The van der Waals surface area contributed by atoms with Crippen molar-refractivity contribution in [1.29, 1.82) is 0 Å². The van der Waals surface area contributed by atoms with Gasteiger partial charge in [-0.1, -0.05) is 0 Å². The number of aromatic nitrogens is 2. The highest BCUT2D eigenvalue weighted by molar-refractivity contribution is 7.98. The van der Waals surface area contributed by atoms with Crippen LogP contribution in [0.4, 0.5) is 19.0 Å². The van der Waals surface area contributed by atoms with E-state index in [4.69, 9.17) is 0 Å². The number of anilines is 1. The van der Waals surface area contributed by atoms with Crippen LogP contribution < -0.4 is 10.6 Å². The molecule has 0 unspecified atom stereocenters. The summed E-state index contributed by atoms with van der Waals surface area (Å²) in [6.07, 6.45) is -0.558. The van der Waals surface area contributed by atoms with Crippen LogP contribution in [0.3, 0.4) is 0 Å². The lowest BCUT2D eigenvalue weighted by molar-refractivity contribution is -0.137. The van der Waals surface area contributed by atoms with Gasteiger partial charge < -0.3 is 15.5 Å². The fourth-order valence-electron chi connectivity index (χ4n) is 5.31. The maximum atomic E-state index is 13.4. The van der Waals surface area contributed by atoms with Crippen molar-refractivity contribution in [2.24, 2.45) is 5.92 Å². The molecule has 3 N–H and O–H groups in total. The first-order valence-electron chi connectivity index (χ1n) is 13.5. The summed E-state index contributed by atoms with van der Waals surface area (Å²) >= 11 is 1.53. The number of hydrogen-bond acceptors (Lipinski definition) is 7. The van der Waals surface area contributed by atoms with E-state index in [0.717, 1.165) is 23.4 Å². The smallest absolute Gasteiger partial charge is 0.359 e. The van der Waals surface area contributed by atoms with Crippen LogP contribution in [0.5, 0.6) is 0 Å². The van der Waals surface area contributed by atoms with Gasteiger partial charge in [0.25, 0.3) is 0 Å². The molecule has 3 atom stereocenters. The molecule has 1 heterocycles. The molecule has 1 aliphatic rings. The van der Waals surface area contributed by atoms with Gasteiger partial charge in [0.15, 0.2) is 15.7 Å². The lowest BCUT2D eigenvalue weighted by Crippen LogP contribution is -2.51. The molecule has 1 amide bonds. The van der Waals surface area contributed by atoms with E-state index in [0.29, 0.717) is 18.4 Å². The number of nitrogens with zero attached hydrogens (tertiary/aromatic N) is 2. The first-order valence-corrected chi connectivity index (χ1v) is 16.3. The standard InChI is InChI=1S/C28H36F3N5O3S2/c1-17(2)36(3)20-6-12-24(18(13-20)16-41(38,39)22-9-7-21(40-4)8-10-22)33-26(37)15-32-27-23-14-19(28(29,30)31)5-11-25(23)34-35-27/h5,7-11,14,17-18,20,24H,6,12-13,15-16H2,1-4H3,(H,33,37)(H2,32,34,35)/t18-,20+,24-/m0/s1. The molecule has 3 aromatic rings. The van der Waals surface area contributed by atoms with E-state index < -0.39 is 21.6 Å². The molecule has 1 fully saturated rings. The van der Waals surface area contributed by atoms with Crippen molar-refractivity contribution in [2.45, 2.75) is 67.2 Å². The molecule has 1 aliphatic carbocycles. The molecule has 0 spiro atoms. The second-order valence-electron chi connectivity index (χ2n) is 10.8. The molecule has 1 saturated carbocycles. The normalized spacial score (nSPS) is 20.1. The summed E-state index contributed by atoms with van der Waals surface area (Å²) < 4.78 is 66.4. The molecule has 0 bridgehead atoms. The van der Waals surface area contributed by atoms with Gasteiger partial charge >= 0.3 is 6.18 Å². The number of carbonyl (C=O) groups excluding carboxylic acids is 1. The maximum Gasteiger partial charge on any atom is 0.416 e. The van der Waals surface area contributed by atoms with E-state index in [2.05, 4.69) is 39.6 Å². The van der Waals surface area contributed by atoms with E-state index in [1.54, 1.807) is 24.3 Å². The summed E-state index contributed by atoms with van der Waals surface area (Å²) in [4.78, 5) is 16.5. The third-order valence-corrected chi connectivity index (χ3v) is 10.5. The van der Waals surface area contributed by atoms with Gasteiger partial charge in [0, 0.05) is 28.4 Å². The van der Waals surface area contributed by atoms with Crippen molar-refractivity contribution in [1.82, 2.24) is 20.4 Å². The largest absolute Gasteiger partial charge is 0.416 e. The number of thioether (sulfide) groups is 1. The van der Waals surface area contributed by atoms with Crippen LogP contribution in [-0.2, 0) is 20.8 Å². The molecule has 0 radical (unpaired) electrons. The van der Waals surface area contributed by atoms with Gasteiger partial charge in [-0.3, -0.25) is 9.89 Å². The van der Waals surface area contributed by atoms with Gasteiger partial charge in [-0.15, -0.1) is 11.8 Å². The Kier molecular flexibility index (Phi) is 9.59. The Balaban J connectivity index is 1.47. The Hall–Kier alpha value is -2.77. The second-order valence-corrected chi connectivity index (χ2v) is 13.7. The summed E-state index contributed by atoms with van der Waals surface area (Å²) in [5, 5.41) is 12.7. The molecule has 1 aromatic heterocycles. The van der Waals surface area contributed by atoms with E-state index in [1.807, 2.05) is 13.3 Å². The zero-order chi connectivity index (χ0) is 29.9. The Labute approximate surface area is 242 Å². The SMILES string of the molecule is CSc1ccc(S(=O)(=O)C[C@@H]2C[C@H](N(C)C(C)C)CC[C@@H]2NC(=O)CNc2n[nH]c3ccc(C(F)(F)F)cc23)cc1. The molecule has 224 valence electrons. The van der Waals surface area contributed by atoms with Gasteiger partial charge in [-0.25, -0.2) is 8.42 Å². The number of carbonyl (C=O) groups is 1. The van der Waals surface area contributed by atoms with Gasteiger partial charge in [0.1, 0.15) is 0 Å². The average Bonchev–Trinajstić information content (AvgIpc) is 3.34. The minimum absolute atomic E-state index is 0.101. The Morgan fingerprint density at radius 1 is 1.17 bits per heavy atom. The zero-order valence-electron chi connectivity index (χ0n) is 23.5. The monoisotopic (exact) mass is 611 g/mol. The predicted molar refractivity (Wildman–Crippen MR) is 156 cm³/mol. The van der Waals surface area contributed by atoms with Crippen molar-refractivity contribution in [3.63, 3.8) is 0 Å². The van der Waals surface area contributed by atoms with E-state index in [1.165, 1.54) is 17.8 Å². The molecule has 4 rings (SSSR count). The molecule has 0 aliphatic heterocycles. The van der Waals surface area contributed by atoms with Gasteiger partial charge in [-0.2, -0.15) is 18.3 Å². The number of sulfone groups is 1. The highest BCUT2D eigenvalue weighted by Gasteiger charge is 2.37. The van der Waals surface area contributed by atoms with Crippen molar-refractivity contribution in [3.8, 4) is 0 Å². The summed E-state index contributed by atoms with van der Waals surface area (Å²) in [6, 6.07) is 10.2. The van der Waals surface area contributed by atoms with Crippen LogP contribution in [0, 0.1) is 5.92 Å². The highest BCUT2D eigenvalue weighted by atomic mass is 32.2. The van der Waals surface area contributed by atoms with Gasteiger partial charge in [-0.05, 0) is 94.8 Å². The predicted octanol–water partition coefficient (Wildman–Crippen LogP) is 5.18. The summed E-state index contributed by atoms with van der Waals surface area (Å²) in [7, 11) is -1.58. The number of nitrogens with one attached hydrogen (secondary N) is 3. The number of H-pyrrole nitrogens is 1. The average molecular weight is 612 g/mol. The molecular formula is C28H36F3N5O3S2. The molecule has 8 nitrogen and oxygen atoms in total. The van der Waals surface area contributed by atoms with Crippen molar-refractivity contribution < 1.29 is 26.4 Å². The number of hydrogen-bond donors (Lipinski definition) is 3. The first-order chi connectivity index (χ1) is 19.3. The van der Waals surface area contributed by atoms with E-state index >= 15 is 0 Å². The number of fused-ring (bicyclic) bond motifs is 1. The van der Waals surface area contributed by atoms with Crippen molar-refractivity contribution in [2.75, 3.05) is 30.9 Å². The van der Waals surface area contributed by atoms with Crippen LogP contribution >= 0.6 is 11.8 Å². The number of halogens is 3. The number of aromatic amines is 1. The number of benzene rings is 2. The van der Waals surface area contributed by atoms with Gasteiger partial charge in [0.2, 0.25) is 5.91 Å². The van der Waals surface area contributed by atoms with Crippen LogP contribution in [0.2, 0.25) is 0 Å². The topological polar surface area (TPSA) is 107 Å². The second kappa shape index (κ2) is 12.6. The Morgan fingerprint density at radius 3 is 2.51 bits per heavy atom. The fourth-order valence-corrected chi connectivity index (χ4v) is 7.40. The maximum absolute atomic E-state index is 13.4.